The van der Waals surface area contributed by atoms with Gasteiger partial charge in [0.25, 0.3) is 0 Å². The first-order chi connectivity index (χ1) is 10.5. The Bertz CT molecular complexity index is 315. The van der Waals surface area contributed by atoms with Crippen molar-refractivity contribution in [1.29, 1.82) is 0 Å². The molecule has 8 heteroatoms. The van der Waals surface area contributed by atoms with Crippen LogP contribution in [-0.4, -0.2) is 92.4 Å². The van der Waals surface area contributed by atoms with E-state index in [0.29, 0.717) is 12.8 Å². The van der Waals surface area contributed by atoms with E-state index >= 15 is 0 Å². The molecule has 0 aromatic carbocycles. The number of hydrogen-bond acceptors (Lipinski definition) is 8. The van der Waals surface area contributed by atoms with Gasteiger partial charge in [0, 0.05) is 12.1 Å². The van der Waals surface area contributed by atoms with Crippen LogP contribution >= 0.6 is 0 Å². The van der Waals surface area contributed by atoms with Gasteiger partial charge in [0.05, 0.1) is 49.7 Å². The topological polar surface area (TPSA) is 145 Å². The Morgan fingerprint density at radius 1 is 0.545 bits per heavy atom. The number of unbranched alkanes of at least 4 members (excludes halogenated alkanes) is 1. The summed E-state index contributed by atoms with van der Waals surface area (Å²) in [5, 5.41) is 63.3. The zero-order chi connectivity index (χ0) is 16.3. The molecule has 8 atom stereocenters. The molecule has 0 radical (unpaired) electrons. The van der Waals surface area contributed by atoms with Crippen LogP contribution in [0.4, 0.5) is 0 Å². The maximum absolute atomic E-state index is 9.88. The molecule has 0 spiro atoms. The Morgan fingerprint density at radius 2 is 0.864 bits per heavy atom. The molecule has 2 saturated heterocycles. The van der Waals surface area contributed by atoms with Crippen LogP contribution in [0.1, 0.15) is 25.7 Å². The van der Waals surface area contributed by atoms with Gasteiger partial charge in [0.1, 0.15) is 0 Å². The molecule has 2 rings (SSSR count). The molecule has 0 saturated carbocycles. The third kappa shape index (κ3) is 3.77. The number of aliphatic hydroxyl groups is 6. The van der Waals surface area contributed by atoms with E-state index in [1.165, 1.54) is 0 Å². The lowest BCUT2D eigenvalue weighted by atomic mass is 9.99. The predicted octanol–water partition coefficient (Wildman–Crippen LogP) is -3.34. The molecule has 0 aromatic heterocycles. The summed E-state index contributed by atoms with van der Waals surface area (Å²) >= 11 is 0. The lowest BCUT2D eigenvalue weighted by Crippen LogP contribution is -2.36. The van der Waals surface area contributed by atoms with Crippen LogP contribution in [0.15, 0.2) is 0 Å². The van der Waals surface area contributed by atoms with Crippen LogP contribution in [0.25, 0.3) is 0 Å². The first kappa shape index (κ1) is 18.0. The molecule has 8 nitrogen and oxygen atoms in total. The van der Waals surface area contributed by atoms with Crippen molar-refractivity contribution >= 4 is 0 Å². The second-order valence-corrected chi connectivity index (χ2v) is 6.37. The molecular formula is C14H28N2O6. The zero-order valence-corrected chi connectivity index (χ0v) is 12.5. The molecule has 0 aromatic rings. The van der Waals surface area contributed by atoms with E-state index in [4.69, 9.17) is 10.2 Å². The van der Waals surface area contributed by atoms with Gasteiger partial charge in [-0.2, -0.15) is 0 Å². The molecule has 2 heterocycles. The number of rotatable bonds is 7. The molecule has 0 amide bonds. The van der Waals surface area contributed by atoms with Crippen molar-refractivity contribution < 1.29 is 30.6 Å². The summed E-state index contributed by atoms with van der Waals surface area (Å²) in [6.45, 7) is -0.430. The molecular weight excluding hydrogens is 292 g/mol. The standard InChI is InChI=1S/C14H28N2O6/c17-5-9-13(21)11(19)7(15-9)3-1-2-4-8-12(20)14(22)10(6-18)16-8/h7-22H,1-6H2/t7-,8+,9-,10-,11-,12+,13-,14-/m1/s1. The van der Waals surface area contributed by atoms with Gasteiger partial charge >= 0.3 is 0 Å². The van der Waals surface area contributed by atoms with E-state index in [1.807, 2.05) is 0 Å². The summed E-state index contributed by atoms with van der Waals surface area (Å²) in [5.74, 6) is 0. The van der Waals surface area contributed by atoms with Crippen molar-refractivity contribution in [1.82, 2.24) is 10.6 Å². The smallest absolute Gasteiger partial charge is 0.0989 e. The molecule has 2 aliphatic rings. The van der Waals surface area contributed by atoms with E-state index < -0.39 is 36.5 Å². The molecule has 0 bridgehead atoms. The summed E-state index contributed by atoms with van der Waals surface area (Å²) in [6, 6.07) is -1.47. The second kappa shape index (κ2) is 7.98. The highest BCUT2D eigenvalue weighted by molar-refractivity contribution is 4.99. The molecule has 0 aliphatic carbocycles. The highest BCUT2D eigenvalue weighted by atomic mass is 16.3. The average Bonchev–Trinajstić information content (AvgIpc) is 2.95. The second-order valence-electron chi connectivity index (χ2n) is 6.37. The normalized spacial score (nSPS) is 45.5. The summed E-state index contributed by atoms with van der Waals surface area (Å²) in [4.78, 5) is 0. The number of hydrogen-bond donors (Lipinski definition) is 8. The summed E-state index contributed by atoms with van der Waals surface area (Å²) in [5.41, 5.74) is 0. The molecule has 22 heavy (non-hydrogen) atoms. The number of nitrogens with one attached hydrogen (secondary N) is 2. The van der Waals surface area contributed by atoms with Crippen molar-refractivity contribution in [3.05, 3.63) is 0 Å². The fourth-order valence-electron chi connectivity index (χ4n) is 3.45. The van der Waals surface area contributed by atoms with Gasteiger partial charge in [-0.25, -0.2) is 0 Å². The van der Waals surface area contributed by atoms with E-state index in [1.54, 1.807) is 0 Å². The average molecular weight is 320 g/mol. The van der Waals surface area contributed by atoms with Gasteiger partial charge in [-0.15, -0.1) is 0 Å². The Kier molecular flexibility index (Phi) is 6.54. The van der Waals surface area contributed by atoms with Gasteiger partial charge in [-0.3, -0.25) is 0 Å². The molecule has 0 unspecified atom stereocenters. The lowest BCUT2D eigenvalue weighted by molar-refractivity contribution is 0.0171. The Balaban J connectivity index is 1.68. The molecule has 2 fully saturated rings. The maximum Gasteiger partial charge on any atom is 0.0989 e. The lowest BCUT2D eigenvalue weighted by Gasteiger charge is -2.18. The van der Waals surface area contributed by atoms with Crippen LogP contribution in [0, 0.1) is 0 Å². The van der Waals surface area contributed by atoms with Crippen LogP contribution in [0.3, 0.4) is 0 Å². The fraction of sp³-hybridized carbons (Fsp3) is 1.00. The monoisotopic (exact) mass is 320 g/mol. The fourth-order valence-corrected chi connectivity index (χ4v) is 3.45. The quantitative estimate of drug-likeness (QED) is 0.227. The summed E-state index contributed by atoms with van der Waals surface area (Å²) < 4.78 is 0. The Labute approximate surface area is 129 Å². The van der Waals surface area contributed by atoms with Crippen LogP contribution in [-0.2, 0) is 0 Å². The minimum Gasteiger partial charge on any atom is -0.395 e. The van der Waals surface area contributed by atoms with E-state index in [-0.39, 0.29) is 25.3 Å². The predicted molar refractivity (Wildman–Crippen MR) is 78.1 cm³/mol. The van der Waals surface area contributed by atoms with Crippen LogP contribution in [0.5, 0.6) is 0 Å². The van der Waals surface area contributed by atoms with Crippen molar-refractivity contribution in [2.75, 3.05) is 13.2 Å². The van der Waals surface area contributed by atoms with Gasteiger partial charge in [0.15, 0.2) is 0 Å². The SMILES string of the molecule is OC[C@H]1N[C@@H](CCCC[C@H]2N[C@H](CO)[C@@H](O)[C@@H]2O)[C@H](O)[C@@H]1O. The highest BCUT2D eigenvalue weighted by Gasteiger charge is 2.41. The van der Waals surface area contributed by atoms with Gasteiger partial charge in [-0.1, -0.05) is 12.8 Å². The Hall–Kier alpha value is -0.320. The first-order valence-electron chi connectivity index (χ1n) is 7.95. The highest BCUT2D eigenvalue weighted by Crippen LogP contribution is 2.22. The molecule has 130 valence electrons. The van der Waals surface area contributed by atoms with E-state index in [0.717, 1.165) is 12.8 Å². The third-order valence-electron chi connectivity index (χ3n) is 4.88. The maximum atomic E-state index is 9.88. The zero-order valence-electron chi connectivity index (χ0n) is 12.5. The Morgan fingerprint density at radius 3 is 1.14 bits per heavy atom. The largest absolute Gasteiger partial charge is 0.395 e. The minimum absolute atomic E-state index is 0.215. The van der Waals surface area contributed by atoms with E-state index in [9.17, 15) is 20.4 Å². The molecule has 8 N–H and O–H groups in total. The van der Waals surface area contributed by atoms with E-state index in [2.05, 4.69) is 10.6 Å². The van der Waals surface area contributed by atoms with Gasteiger partial charge < -0.3 is 41.3 Å². The summed E-state index contributed by atoms with van der Waals surface area (Å²) in [7, 11) is 0. The minimum atomic E-state index is -0.950. The van der Waals surface area contributed by atoms with Crippen LogP contribution in [0.2, 0.25) is 0 Å². The van der Waals surface area contributed by atoms with Crippen molar-refractivity contribution in [2.24, 2.45) is 0 Å². The number of aliphatic hydroxyl groups excluding tert-OH is 6. The van der Waals surface area contributed by atoms with Gasteiger partial charge in [0.2, 0.25) is 0 Å². The van der Waals surface area contributed by atoms with Crippen molar-refractivity contribution in [3.63, 3.8) is 0 Å². The third-order valence-corrected chi connectivity index (χ3v) is 4.88. The first-order valence-corrected chi connectivity index (χ1v) is 7.95. The van der Waals surface area contributed by atoms with Crippen molar-refractivity contribution in [3.8, 4) is 0 Å². The van der Waals surface area contributed by atoms with Crippen molar-refractivity contribution in [2.45, 2.75) is 74.3 Å². The summed E-state index contributed by atoms with van der Waals surface area (Å²) in [6.07, 6.45) is -0.787. The van der Waals surface area contributed by atoms with Crippen LogP contribution < -0.4 is 10.6 Å². The van der Waals surface area contributed by atoms with Gasteiger partial charge in [-0.05, 0) is 12.8 Å². The molecule has 2 aliphatic heterocycles.